The van der Waals surface area contributed by atoms with Crippen LogP contribution in [0.2, 0.25) is 0 Å². The fourth-order valence-electron chi connectivity index (χ4n) is 3.14. The fraction of sp³-hybridized carbons (Fsp3) is 0.316. The van der Waals surface area contributed by atoms with Gasteiger partial charge in [-0.1, -0.05) is 0 Å². The van der Waals surface area contributed by atoms with Crippen molar-refractivity contribution < 1.29 is 38.0 Å². The number of benzene rings is 2. The van der Waals surface area contributed by atoms with Crippen LogP contribution in [0.15, 0.2) is 36.4 Å². The summed E-state index contributed by atoms with van der Waals surface area (Å²) in [4.78, 5) is 11.1. The summed E-state index contributed by atoms with van der Waals surface area (Å²) in [5.74, 6) is -1.37. The van der Waals surface area contributed by atoms with Crippen molar-refractivity contribution in [1.29, 1.82) is 0 Å². The summed E-state index contributed by atoms with van der Waals surface area (Å²) < 4.78 is 41.0. The predicted octanol–water partition coefficient (Wildman–Crippen LogP) is 2.81. The van der Waals surface area contributed by atoms with E-state index in [-0.39, 0.29) is 19.8 Å². The van der Waals surface area contributed by atoms with E-state index in [1.807, 2.05) is 0 Å². The molecule has 1 saturated heterocycles. The molecule has 0 aliphatic carbocycles. The molecule has 2 heterocycles. The lowest BCUT2D eigenvalue weighted by atomic mass is 10.0. The zero-order valence-electron chi connectivity index (χ0n) is 14.3. The second kappa shape index (κ2) is 7.05. The average molecular weight is 376 g/mol. The zero-order valence-corrected chi connectivity index (χ0v) is 14.3. The molecule has 0 amide bonds. The SMILES string of the molecule is O=C(O)CC1(c2ccc(OCc3cc(F)cc4c3OCO4)cc2)OCCO1. The van der Waals surface area contributed by atoms with Gasteiger partial charge >= 0.3 is 5.97 Å². The van der Waals surface area contributed by atoms with Crippen LogP contribution in [-0.2, 0) is 26.7 Å². The lowest BCUT2D eigenvalue weighted by Gasteiger charge is -2.26. The van der Waals surface area contributed by atoms with Crippen molar-refractivity contribution in [3.05, 3.63) is 53.3 Å². The first-order valence-corrected chi connectivity index (χ1v) is 8.37. The molecule has 2 aliphatic rings. The summed E-state index contributed by atoms with van der Waals surface area (Å²) in [5.41, 5.74) is 1.13. The Labute approximate surface area is 154 Å². The van der Waals surface area contributed by atoms with Crippen molar-refractivity contribution in [1.82, 2.24) is 0 Å². The Hall–Kier alpha value is -2.84. The second-order valence-electron chi connectivity index (χ2n) is 6.13. The maximum atomic E-state index is 13.7. The van der Waals surface area contributed by atoms with Crippen molar-refractivity contribution >= 4 is 5.97 Å². The van der Waals surface area contributed by atoms with E-state index < -0.39 is 17.6 Å². The minimum atomic E-state index is -1.28. The minimum Gasteiger partial charge on any atom is -0.489 e. The molecular weight excluding hydrogens is 359 g/mol. The molecular formula is C19H17FO7. The molecule has 0 bridgehead atoms. The summed E-state index contributed by atoms with van der Waals surface area (Å²) >= 11 is 0. The number of fused-ring (bicyclic) bond motifs is 1. The third kappa shape index (κ3) is 3.54. The minimum absolute atomic E-state index is 0.0478. The molecule has 0 spiro atoms. The van der Waals surface area contributed by atoms with Crippen LogP contribution in [0, 0.1) is 5.82 Å². The van der Waals surface area contributed by atoms with Crippen molar-refractivity contribution in [3.8, 4) is 17.2 Å². The summed E-state index contributed by atoms with van der Waals surface area (Å²) in [6.45, 7) is 0.804. The summed E-state index contributed by atoms with van der Waals surface area (Å²) in [6, 6.07) is 9.36. The molecule has 0 atom stereocenters. The normalized spacial score (nSPS) is 17.1. The number of ether oxygens (including phenoxy) is 5. The molecule has 4 rings (SSSR count). The molecule has 27 heavy (non-hydrogen) atoms. The molecule has 2 aliphatic heterocycles. The summed E-state index contributed by atoms with van der Waals surface area (Å²) in [6.07, 6.45) is -0.292. The first-order valence-electron chi connectivity index (χ1n) is 8.37. The number of carboxylic acid groups (broad SMARTS) is 1. The highest BCUT2D eigenvalue weighted by molar-refractivity contribution is 5.68. The van der Waals surface area contributed by atoms with Crippen LogP contribution in [0.1, 0.15) is 17.5 Å². The number of carboxylic acids is 1. The molecule has 1 fully saturated rings. The molecule has 0 radical (unpaired) electrons. The van der Waals surface area contributed by atoms with Crippen LogP contribution in [0.25, 0.3) is 0 Å². The highest BCUT2D eigenvalue weighted by Gasteiger charge is 2.40. The maximum absolute atomic E-state index is 13.7. The molecule has 0 saturated carbocycles. The Morgan fingerprint density at radius 3 is 2.59 bits per heavy atom. The van der Waals surface area contributed by atoms with Crippen LogP contribution < -0.4 is 14.2 Å². The zero-order chi connectivity index (χ0) is 18.9. The number of rotatable bonds is 6. The number of aliphatic carboxylic acids is 1. The van der Waals surface area contributed by atoms with Crippen molar-refractivity contribution in [2.45, 2.75) is 18.8 Å². The van der Waals surface area contributed by atoms with E-state index in [9.17, 15) is 9.18 Å². The fourth-order valence-corrected chi connectivity index (χ4v) is 3.14. The van der Waals surface area contributed by atoms with Crippen LogP contribution >= 0.6 is 0 Å². The second-order valence-corrected chi connectivity index (χ2v) is 6.13. The average Bonchev–Trinajstić information content (AvgIpc) is 3.29. The monoisotopic (exact) mass is 376 g/mol. The molecule has 7 nitrogen and oxygen atoms in total. The lowest BCUT2D eigenvalue weighted by molar-refractivity contribution is -0.185. The number of carbonyl (C=O) groups is 1. The molecule has 2 aromatic carbocycles. The molecule has 2 aromatic rings. The molecule has 142 valence electrons. The van der Waals surface area contributed by atoms with E-state index in [1.165, 1.54) is 12.1 Å². The van der Waals surface area contributed by atoms with Gasteiger partial charge in [0.1, 0.15) is 24.6 Å². The van der Waals surface area contributed by atoms with Gasteiger partial charge in [-0.25, -0.2) is 4.39 Å². The van der Waals surface area contributed by atoms with Gasteiger partial charge in [-0.15, -0.1) is 0 Å². The first kappa shape index (κ1) is 17.6. The number of halogens is 1. The third-order valence-electron chi connectivity index (χ3n) is 4.34. The van der Waals surface area contributed by atoms with Gasteiger partial charge in [-0.2, -0.15) is 0 Å². The third-order valence-corrected chi connectivity index (χ3v) is 4.34. The molecule has 8 heteroatoms. The van der Waals surface area contributed by atoms with Crippen molar-refractivity contribution in [2.24, 2.45) is 0 Å². The van der Waals surface area contributed by atoms with Crippen LogP contribution in [0.4, 0.5) is 4.39 Å². The van der Waals surface area contributed by atoms with Gasteiger partial charge in [-0.3, -0.25) is 4.79 Å². The van der Waals surface area contributed by atoms with Gasteiger partial charge in [0.2, 0.25) is 12.6 Å². The van der Waals surface area contributed by atoms with E-state index in [4.69, 9.17) is 28.8 Å². The predicted molar refractivity (Wildman–Crippen MR) is 89.1 cm³/mol. The summed E-state index contributed by atoms with van der Waals surface area (Å²) in [5, 5.41) is 9.13. The summed E-state index contributed by atoms with van der Waals surface area (Å²) in [7, 11) is 0. The topological polar surface area (TPSA) is 83.5 Å². The smallest absolute Gasteiger partial charge is 0.309 e. The first-order chi connectivity index (χ1) is 13.1. The van der Waals surface area contributed by atoms with Gasteiger partial charge in [0.25, 0.3) is 0 Å². The Kier molecular flexibility index (Phi) is 4.59. The van der Waals surface area contributed by atoms with Gasteiger partial charge in [0.05, 0.1) is 13.2 Å². The Balaban J connectivity index is 1.48. The molecule has 0 unspecified atom stereocenters. The Morgan fingerprint density at radius 1 is 1.15 bits per heavy atom. The lowest BCUT2D eigenvalue weighted by Crippen LogP contribution is -2.30. The van der Waals surface area contributed by atoms with Crippen LogP contribution in [0.3, 0.4) is 0 Å². The number of hydrogen-bond donors (Lipinski definition) is 1. The van der Waals surface area contributed by atoms with Crippen molar-refractivity contribution in [3.63, 3.8) is 0 Å². The van der Waals surface area contributed by atoms with E-state index in [2.05, 4.69) is 0 Å². The maximum Gasteiger partial charge on any atom is 0.309 e. The largest absolute Gasteiger partial charge is 0.489 e. The van der Waals surface area contributed by atoms with Gasteiger partial charge < -0.3 is 28.8 Å². The van der Waals surface area contributed by atoms with Gasteiger partial charge in [0, 0.05) is 17.2 Å². The van der Waals surface area contributed by atoms with Crippen LogP contribution in [0.5, 0.6) is 17.2 Å². The Morgan fingerprint density at radius 2 is 1.89 bits per heavy atom. The highest BCUT2D eigenvalue weighted by atomic mass is 19.1. The van der Waals surface area contributed by atoms with Crippen LogP contribution in [-0.4, -0.2) is 31.1 Å². The highest BCUT2D eigenvalue weighted by Crippen LogP contribution is 2.38. The standard InChI is InChI=1S/C19H17FO7/c20-14-7-12(18-16(8-14)24-11-25-18)10-23-15-3-1-13(2-4-15)19(9-17(21)22)26-5-6-27-19/h1-4,7-8H,5-6,9-11H2,(H,21,22). The van der Waals surface area contributed by atoms with E-state index in [0.717, 1.165) is 0 Å². The van der Waals surface area contributed by atoms with E-state index in [1.54, 1.807) is 24.3 Å². The Bertz CT molecular complexity index is 844. The molecule has 0 aromatic heterocycles. The quantitative estimate of drug-likeness (QED) is 0.830. The van der Waals surface area contributed by atoms with Crippen molar-refractivity contribution in [2.75, 3.05) is 20.0 Å². The molecule has 1 N–H and O–H groups in total. The van der Waals surface area contributed by atoms with E-state index in [0.29, 0.717) is 41.6 Å². The van der Waals surface area contributed by atoms with Gasteiger partial charge in [-0.05, 0) is 30.3 Å². The number of hydrogen-bond acceptors (Lipinski definition) is 6. The van der Waals surface area contributed by atoms with Gasteiger partial charge in [0.15, 0.2) is 11.5 Å². The van der Waals surface area contributed by atoms with E-state index >= 15 is 0 Å².